The lowest BCUT2D eigenvalue weighted by Gasteiger charge is -2.40. The fraction of sp³-hybridized carbons (Fsp3) is 0.433. The Morgan fingerprint density at radius 2 is 1.63 bits per heavy atom. The maximum absolute atomic E-state index is 14.7. The molecule has 0 spiro atoms. The van der Waals surface area contributed by atoms with E-state index in [-0.39, 0.29) is 29.9 Å². The Kier molecular flexibility index (Phi) is 8.24. The first-order chi connectivity index (χ1) is 20.0. The molecule has 1 amide bonds. The summed E-state index contributed by atoms with van der Waals surface area (Å²) in [6.07, 6.45) is 4.15. The molecule has 0 unspecified atom stereocenters. The van der Waals surface area contributed by atoms with Crippen molar-refractivity contribution in [1.82, 2.24) is 19.8 Å². The van der Waals surface area contributed by atoms with E-state index in [0.29, 0.717) is 61.1 Å². The van der Waals surface area contributed by atoms with E-state index in [0.717, 1.165) is 45.3 Å². The lowest BCUT2D eigenvalue weighted by atomic mass is 10.0. The predicted molar refractivity (Wildman–Crippen MR) is 149 cm³/mol. The number of carbonyl (C=O) groups is 1. The van der Waals surface area contributed by atoms with Crippen molar-refractivity contribution in [1.29, 1.82) is 0 Å². The predicted octanol–water partition coefficient (Wildman–Crippen LogP) is 4.65. The van der Waals surface area contributed by atoms with Crippen LogP contribution < -0.4 is 14.8 Å². The standard InChI is InChI=1S/C30H33F2N5O4/c31-24-6-3-20-17-27(24)41-14-2-1-13-40-26-18-21(34-30-33-19-25(32)28(20)35-30)4-5-23(26)29(38)37-9-7-22(8-10-37)36-11-15-39-16-12-36/h3-6,17-19,22H,1-2,7-16H2,(H,33,34,35). The van der Waals surface area contributed by atoms with E-state index < -0.39 is 11.6 Å². The third-order valence-electron chi connectivity index (χ3n) is 7.78. The maximum atomic E-state index is 14.7. The Morgan fingerprint density at radius 1 is 0.878 bits per heavy atom. The van der Waals surface area contributed by atoms with Crippen LogP contribution in [0.25, 0.3) is 11.3 Å². The van der Waals surface area contributed by atoms with Crippen molar-refractivity contribution < 1.29 is 27.8 Å². The monoisotopic (exact) mass is 565 g/mol. The van der Waals surface area contributed by atoms with Gasteiger partial charge in [-0.3, -0.25) is 9.69 Å². The minimum Gasteiger partial charge on any atom is -0.493 e. The zero-order valence-corrected chi connectivity index (χ0v) is 22.8. The van der Waals surface area contributed by atoms with Crippen molar-refractivity contribution in [2.24, 2.45) is 0 Å². The smallest absolute Gasteiger partial charge is 0.257 e. The molecule has 6 bridgehead atoms. The number of benzene rings is 2. The number of piperidine rings is 1. The molecule has 0 atom stereocenters. The zero-order chi connectivity index (χ0) is 28.2. The van der Waals surface area contributed by atoms with Gasteiger partial charge in [0.25, 0.3) is 5.91 Å². The minimum absolute atomic E-state index is 0.0168. The highest BCUT2D eigenvalue weighted by molar-refractivity contribution is 5.97. The van der Waals surface area contributed by atoms with Crippen molar-refractivity contribution >= 4 is 17.5 Å². The Bertz CT molecular complexity index is 1390. The van der Waals surface area contributed by atoms with E-state index in [1.165, 1.54) is 18.2 Å². The number of carbonyl (C=O) groups excluding carboxylic acids is 1. The normalized spacial score (nSPS) is 18.6. The zero-order valence-electron chi connectivity index (χ0n) is 22.8. The molecule has 0 aliphatic carbocycles. The third kappa shape index (κ3) is 6.25. The van der Waals surface area contributed by atoms with Crippen LogP contribution in [-0.4, -0.2) is 84.3 Å². The molecule has 41 heavy (non-hydrogen) atoms. The number of anilines is 2. The van der Waals surface area contributed by atoms with E-state index in [9.17, 15) is 13.6 Å². The number of nitrogens with one attached hydrogen (secondary N) is 1. The van der Waals surface area contributed by atoms with Crippen LogP contribution in [0, 0.1) is 11.6 Å². The van der Waals surface area contributed by atoms with Crippen molar-refractivity contribution in [3.05, 3.63) is 59.8 Å². The molecule has 9 nitrogen and oxygen atoms in total. The van der Waals surface area contributed by atoms with Crippen LogP contribution in [0.2, 0.25) is 0 Å². The lowest BCUT2D eigenvalue weighted by Crippen LogP contribution is -2.50. The number of morpholine rings is 1. The first kappa shape index (κ1) is 27.3. The summed E-state index contributed by atoms with van der Waals surface area (Å²) in [6, 6.07) is 9.86. The van der Waals surface area contributed by atoms with Crippen LogP contribution in [-0.2, 0) is 4.74 Å². The molecule has 0 radical (unpaired) electrons. The molecule has 2 fully saturated rings. The average Bonchev–Trinajstić information content (AvgIpc) is 3.00. The number of hydrogen-bond donors (Lipinski definition) is 1. The fourth-order valence-corrected chi connectivity index (χ4v) is 5.53. The van der Waals surface area contributed by atoms with Gasteiger partial charge in [0.05, 0.1) is 38.2 Å². The summed E-state index contributed by atoms with van der Waals surface area (Å²) >= 11 is 0. The summed E-state index contributed by atoms with van der Waals surface area (Å²) in [6.45, 7) is 5.38. The van der Waals surface area contributed by atoms with Crippen LogP contribution in [0.4, 0.5) is 20.4 Å². The lowest BCUT2D eigenvalue weighted by molar-refractivity contribution is 0.00155. The first-order valence-corrected chi connectivity index (χ1v) is 14.2. The van der Waals surface area contributed by atoms with Gasteiger partial charge in [0.2, 0.25) is 5.95 Å². The van der Waals surface area contributed by atoms with Gasteiger partial charge in [0.15, 0.2) is 17.4 Å². The first-order valence-electron chi connectivity index (χ1n) is 14.2. The summed E-state index contributed by atoms with van der Waals surface area (Å²) < 4.78 is 46.3. The highest BCUT2D eigenvalue weighted by Crippen LogP contribution is 2.31. The molecule has 216 valence electrons. The molecule has 6 rings (SSSR count). The van der Waals surface area contributed by atoms with Gasteiger partial charge in [-0.05, 0) is 56.0 Å². The van der Waals surface area contributed by atoms with Gasteiger partial charge < -0.3 is 24.4 Å². The second kappa shape index (κ2) is 12.4. The summed E-state index contributed by atoms with van der Waals surface area (Å²) in [7, 11) is 0. The number of halogens is 2. The molecule has 1 aromatic heterocycles. The quantitative estimate of drug-likeness (QED) is 0.481. The number of ether oxygens (including phenoxy) is 3. The molecule has 3 aliphatic rings. The van der Waals surface area contributed by atoms with Crippen LogP contribution in [0.5, 0.6) is 11.5 Å². The molecule has 0 saturated carbocycles. The Labute approximate surface area is 237 Å². The number of likely N-dealkylation sites (tertiary alicyclic amines) is 1. The highest BCUT2D eigenvalue weighted by atomic mass is 19.1. The van der Waals surface area contributed by atoms with E-state index >= 15 is 0 Å². The second-order valence-electron chi connectivity index (χ2n) is 10.4. The molecule has 1 N–H and O–H groups in total. The summed E-state index contributed by atoms with van der Waals surface area (Å²) in [5.74, 6) is -0.627. The molecule has 11 heteroatoms. The van der Waals surface area contributed by atoms with E-state index in [2.05, 4.69) is 20.2 Å². The van der Waals surface area contributed by atoms with E-state index in [4.69, 9.17) is 14.2 Å². The van der Waals surface area contributed by atoms with E-state index in [1.54, 1.807) is 18.2 Å². The van der Waals surface area contributed by atoms with Crippen molar-refractivity contribution in [2.75, 3.05) is 57.9 Å². The fourth-order valence-electron chi connectivity index (χ4n) is 5.53. The molecule has 2 saturated heterocycles. The SMILES string of the molecule is O=C(c1ccc2cc1OCCCCOc1cc(ccc1F)-c1nc(ncc1F)N2)N1CCC(N2CCOCC2)CC1. The molecule has 3 aliphatic heterocycles. The minimum atomic E-state index is -0.642. The van der Waals surface area contributed by atoms with Crippen molar-refractivity contribution in [3.63, 3.8) is 0 Å². The number of nitrogens with zero attached hydrogens (tertiary/aromatic N) is 4. The van der Waals surface area contributed by atoms with Crippen LogP contribution in [0.3, 0.4) is 0 Å². The van der Waals surface area contributed by atoms with Gasteiger partial charge in [-0.25, -0.2) is 18.7 Å². The number of hydrogen-bond acceptors (Lipinski definition) is 8. The Morgan fingerprint density at radius 3 is 2.41 bits per heavy atom. The Balaban J connectivity index is 1.23. The highest BCUT2D eigenvalue weighted by Gasteiger charge is 2.29. The second-order valence-corrected chi connectivity index (χ2v) is 10.4. The summed E-state index contributed by atoms with van der Waals surface area (Å²) in [5, 5.41) is 3.09. The molecular weight excluding hydrogens is 532 g/mol. The number of fused-ring (bicyclic) bond motifs is 7. The topological polar surface area (TPSA) is 89.0 Å². The van der Waals surface area contributed by atoms with Gasteiger partial charge in [0.1, 0.15) is 11.4 Å². The molecule has 2 aromatic carbocycles. The number of aromatic nitrogens is 2. The van der Waals surface area contributed by atoms with E-state index in [1.807, 2.05) is 4.90 Å². The van der Waals surface area contributed by atoms with Crippen LogP contribution in [0.15, 0.2) is 42.6 Å². The molecular formula is C30H33F2N5O4. The Hall–Kier alpha value is -3.83. The molecule has 4 heterocycles. The number of amides is 1. The third-order valence-corrected chi connectivity index (χ3v) is 7.78. The maximum Gasteiger partial charge on any atom is 0.257 e. The molecule has 3 aromatic rings. The largest absolute Gasteiger partial charge is 0.493 e. The van der Waals surface area contributed by atoms with Gasteiger partial charge in [-0.2, -0.15) is 0 Å². The summed E-state index contributed by atoms with van der Waals surface area (Å²) in [4.78, 5) is 26.4. The van der Waals surface area contributed by atoms with Crippen molar-refractivity contribution in [3.8, 4) is 22.8 Å². The average molecular weight is 566 g/mol. The summed E-state index contributed by atoms with van der Waals surface area (Å²) in [5.41, 5.74) is 1.47. The van der Waals surface area contributed by atoms with Gasteiger partial charge >= 0.3 is 0 Å². The van der Waals surface area contributed by atoms with Crippen LogP contribution >= 0.6 is 0 Å². The number of rotatable bonds is 2. The van der Waals surface area contributed by atoms with Gasteiger partial charge in [0, 0.05) is 49.5 Å². The van der Waals surface area contributed by atoms with Gasteiger partial charge in [-0.1, -0.05) is 0 Å². The van der Waals surface area contributed by atoms with Gasteiger partial charge in [-0.15, -0.1) is 0 Å². The van der Waals surface area contributed by atoms with Crippen LogP contribution in [0.1, 0.15) is 36.0 Å². The van der Waals surface area contributed by atoms with Crippen molar-refractivity contribution in [2.45, 2.75) is 31.7 Å².